The van der Waals surface area contributed by atoms with E-state index in [0.29, 0.717) is 35.4 Å². The highest BCUT2D eigenvalue weighted by atomic mass is 16.7. The second kappa shape index (κ2) is 8.11. The largest absolute Gasteiger partial charge is 0.347 e. The van der Waals surface area contributed by atoms with Gasteiger partial charge in [0.1, 0.15) is 5.78 Å². The van der Waals surface area contributed by atoms with E-state index in [9.17, 15) is 4.79 Å². The zero-order chi connectivity index (χ0) is 23.6. The minimum absolute atomic E-state index is 0.174. The fourth-order valence-electron chi connectivity index (χ4n) is 8.69. The molecule has 0 N–H and O–H groups in total. The first-order valence-electron chi connectivity index (χ1n) is 13.6. The topological polar surface area (TPSA) is 48.4 Å². The Balaban J connectivity index is 1.26. The van der Waals surface area contributed by atoms with E-state index in [1.165, 1.54) is 11.1 Å². The van der Waals surface area contributed by atoms with Crippen LogP contribution in [0.25, 0.3) is 11.1 Å². The van der Waals surface area contributed by atoms with Gasteiger partial charge in [0.2, 0.25) is 0 Å². The van der Waals surface area contributed by atoms with E-state index in [4.69, 9.17) is 9.47 Å². The van der Waals surface area contributed by atoms with Crippen molar-refractivity contribution in [2.45, 2.75) is 63.6 Å². The Kier molecular flexibility index (Phi) is 5.08. The molecule has 7 rings (SSSR count). The number of hydrogen-bond acceptors (Lipinski definition) is 4. The molecule has 1 aliphatic heterocycles. The molecule has 6 atom stereocenters. The van der Waals surface area contributed by atoms with E-state index in [-0.39, 0.29) is 11.2 Å². The number of aromatic nitrogens is 1. The molecule has 4 nitrogen and oxygen atoms in total. The predicted molar refractivity (Wildman–Crippen MR) is 135 cm³/mol. The molecule has 1 aromatic heterocycles. The second-order valence-corrected chi connectivity index (χ2v) is 11.8. The van der Waals surface area contributed by atoms with E-state index in [2.05, 4.69) is 48.3 Å². The summed E-state index contributed by atoms with van der Waals surface area (Å²) in [6, 6.07) is 13.3. The molecule has 3 saturated carbocycles. The van der Waals surface area contributed by atoms with Crippen molar-refractivity contribution < 1.29 is 14.3 Å². The van der Waals surface area contributed by atoms with E-state index < -0.39 is 0 Å². The highest BCUT2D eigenvalue weighted by molar-refractivity contribution is 5.87. The van der Waals surface area contributed by atoms with Crippen LogP contribution in [0, 0.1) is 29.1 Å². The Labute approximate surface area is 208 Å². The number of ether oxygens (including phenoxy) is 2. The summed E-state index contributed by atoms with van der Waals surface area (Å²) < 4.78 is 12.2. The molecule has 0 bridgehead atoms. The molecule has 35 heavy (non-hydrogen) atoms. The van der Waals surface area contributed by atoms with Crippen molar-refractivity contribution in [3.63, 3.8) is 0 Å². The number of carbonyl (C=O) groups is 1. The van der Waals surface area contributed by atoms with Crippen LogP contribution in [-0.2, 0) is 14.3 Å². The van der Waals surface area contributed by atoms with Crippen LogP contribution in [-0.4, -0.2) is 29.8 Å². The normalized spacial score (nSPS) is 37.5. The lowest BCUT2D eigenvalue weighted by atomic mass is 9.48. The van der Waals surface area contributed by atoms with Crippen LogP contribution in [0.1, 0.15) is 63.4 Å². The number of nitrogens with zero attached hydrogens (tertiary/aromatic N) is 1. The Hall–Kier alpha value is -2.30. The molecule has 0 radical (unpaired) electrons. The monoisotopic (exact) mass is 469 g/mol. The van der Waals surface area contributed by atoms with Crippen molar-refractivity contribution in [1.82, 2.24) is 4.98 Å². The molecule has 0 unspecified atom stereocenters. The lowest BCUT2D eigenvalue weighted by Gasteiger charge is -2.56. The molecule has 2 aromatic rings. The minimum atomic E-state index is -0.372. The van der Waals surface area contributed by atoms with Gasteiger partial charge in [0.05, 0.1) is 13.2 Å². The number of carbonyl (C=O) groups excluding carboxylic acids is 1. The van der Waals surface area contributed by atoms with Gasteiger partial charge in [-0.1, -0.05) is 48.9 Å². The molecule has 1 spiro atoms. The SMILES string of the molecule is C[C@]12C[C@H](c3ccc(-c4cccnc4)cc3)[C@H]3[C@@H](CC=C4CC5(CC[C@@H]43)OCCO5)[C@@H]1CCC2=O. The van der Waals surface area contributed by atoms with Crippen molar-refractivity contribution in [3.05, 3.63) is 66.0 Å². The van der Waals surface area contributed by atoms with Gasteiger partial charge in [-0.2, -0.15) is 0 Å². The van der Waals surface area contributed by atoms with Crippen LogP contribution < -0.4 is 0 Å². The van der Waals surface area contributed by atoms with Gasteiger partial charge in [-0.15, -0.1) is 0 Å². The quantitative estimate of drug-likeness (QED) is 0.483. The highest BCUT2D eigenvalue weighted by Crippen LogP contribution is 2.65. The third kappa shape index (κ3) is 3.40. The van der Waals surface area contributed by atoms with E-state index in [0.717, 1.165) is 63.7 Å². The fraction of sp³-hybridized carbons (Fsp3) is 0.548. The lowest BCUT2D eigenvalue weighted by Crippen LogP contribution is -2.51. The second-order valence-electron chi connectivity index (χ2n) is 11.8. The summed E-state index contributed by atoms with van der Waals surface area (Å²) >= 11 is 0. The first-order valence-corrected chi connectivity index (χ1v) is 13.6. The van der Waals surface area contributed by atoms with Gasteiger partial charge in [0, 0.05) is 37.1 Å². The molecule has 4 aliphatic carbocycles. The summed E-state index contributed by atoms with van der Waals surface area (Å²) in [6.07, 6.45) is 13.3. The summed E-state index contributed by atoms with van der Waals surface area (Å²) in [5, 5.41) is 0. The molecule has 4 fully saturated rings. The fourth-order valence-corrected chi connectivity index (χ4v) is 8.69. The summed E-state index contributed by atoms with van der Waals surface area (Å²) in [7, 11) is 0. The third-order valence-corrected chi connectivity index (χ3v) is 10.3. The van der Waals surface area contributed by atoms with Crippen molar-refractivity contribution >= 4 is 5.78 Å². The summed E-state index contributed by atoms with van der Waals surface area (Å²) in [4.78, 5) is 17.5. The molecule has 0 amide bonds. The molecule has 182 valence electrons. The highest BCUT2D eigenvalue weighted by Gasteiger charge is 2.60. The van der Waals surface area contributed by atoms with Gasteiger partial charge in [-0.25, -0.2) is 0 Å². The zero-order valence-electron chi connectivity index (χ0n) is 20.6. The Bertz CT molecular complexity index is 1150. The summed E-state index contributed by atoms with van der Waals surface area (Å²) in [5.41, 5.74) is 5.14. The Morgan fingerprint density at radius 2 is 1.83 bits per heavy atom. The van der Waals surface area contributed by atoms with Crippen LogP contribution in [0.3, 0.4) is 0 Å². The Morgan fingerprint density at radius 1 is 1.00 bits per heavy atom. The van der Waals surface area contributed by atoms with E-state index >= 15 is 0 Å². The van der Waals surface area contributed by atoms with Gasteiger partial charge < -0.3 is 9.47 Å². The van der Waals surface area contributed by atoms with Crippen LogP contribution in [0.5, 0.6) is 0 Å². The predicted octanol–water partition coefficient (Wildman–Crippen LogP) is 6.33. The van der Waals surface area contributed by atoms with Crippen LogP contribution >= 0.6 is 0 Å². The molecule has 1 saturated heterocycles. The van der Waals surface area contributed by atoms with E-state index in [1.54, 1.807) is 5.57 Å². The van der Waals surface area contributed by atoms with E-state index in [1.807, 2.05) is 18.5 Å². The molecular weight excluding hydrogens is 434 g/mol. The van der Waals surface area contributed by atoms with Crippen molar-refractivity contribution in [2.24, 2.45) is 29.1 Å². The maximum atomic E-state index is 13.2. The molecule has 5 aliphatic rings. The number of rotatable bonds is 2. The van der Waals surface area contributed by atoms with Crippen LogP contribution in [0.15, 0.2) is 60.4 Å². The average molecular weight is 470 g/mol. The molecule has 1 aromatic carbocycles. The van der Waals surface area contributed by atoms with Crippen LogP contribution in [0.2, 0.25) is 0 Å². The number of hydrogen-bond donors (Lipinski definition) is 0. The smallest absolute Gasteiger partial charge is 0.172 e. The number of benzene rings is 1. The number of Topliss-reactive ketones (excluding diaryl/α,β-unsaturated/α-hetero) is 1. The van der Waals surface area contributed by atoms with Crippen LogP contribution in [0.4, 0.5) is 0 Å². The maximum Gasteiger partial charge on any atom is 0.172 e. The number of ketones is 1. The Morgan fingerprint density at radius 3 is 2.60 bits per heavy atom. The number of fused-ring (bicyclic) bond motifs is 5. The summed E-state index contributed by atoms with van der Waals surface area (Å²) in [6.45, 7) is 3.73. The minimum Gasteiger partial charge on any atom is -0.347 e. The van der Waals surface area contributed by atoms with Gasteiger partial charge in [-0.05, 0) is 78.0 Å². The average Bonchev–Trinajstić information content (AvgIpc) is 3.47. The van der Waals surface area contributed by atoms with Crippen molar-refractivity contribution in [2.75, 3.05) is 13.2 Å². The third-order valence-electron chi connectivity index (χ3n) is 10.3. The zero-order valence-corrected chi connectivity index (χ0v) is 20.6. The standard InChI is InChI=1S/C31H35NO3/c1-30-18-26(21-6-4-20(5-7-21)23-3-2-14-32-19-23)29-24-12-13-31(34-15-16-35-31)17-22(24)8-9-25(29)27(30)10-11-28(30)33/h2-8,14,19,24-27,29H,9-13,15-18H2,1H3/t24-,25-,26+,27-,29+,30-/m0/s1. The first-order chi connectivity index (χ1) is 17.1. The number of pyridine rings is 1. The molecule has 2 heterocycles. The maximum absolute atomic E-state index is 13.2. The van der Waals surface area contributed by atoms with Crippen molar-refractivity contribution in [3.8, 4) is 11.1 Å². The lowest BCUT2D eigenvalue weighted by molar-refractivity contribution is -0.176. The first kappa shape index (κ1) is 21.9. The van der Waals surface area contributed by atoms with Gasteiger partial charge in [0.25, 0.3) is 0 Å². The number of allylic oxidation sites excluding steroid dienone is 1. The van der Waals surface area contributed by atoms with Gasteiger partial charge in [-0.3, -0.25) is 9.78 Å². The van der Waals surface area contributed by atoms with Gasteiger partial charge >= 0.3 is 0 Å². The molecule has 4 heteroatoms. The van der Waals surface area contributed by atoms with Crippen molar-refractivity contribution in [1.29, 1.82) is 0 Å². The van der Waals surface area contributed by atoms with Gasteiger partial charge in [0.15, 0.2) is 5.79 Å². The molecular formula is C31H35NO3. The summed E-state index contributed by atoms with van der Waals surface area (Å²) in [5.74, 6) is 2.84.